The number of aliphatic imine (C=N–C) groups is 1. The topological polar surface area (TPSA) is 36.4 Å². The first-order valence-corrected chi connectivity index (χ1v) is 6.78. The monoisotopic (exact) mass is 405 g/mol. The predicted octanol–water partition coefficient (Wildman–Crippen LogP) is 3.61. The molecule has 3 nitrogen and oxygen atoms in total. The van der Waals surface area contributed by atoms with E-state index in [2.05, 4.69) is 27.8 Å². The molecule has 0 unspecified atom stereocenters. The van der Waals surface area contributed by atoms with Gasteiger partial charge in [-0.1, -0.05) is 12.2 Å². The molecule has 118 valence electrons. The van der Waals surface area contributed by atoms with Crippen molar-refractivity contribution in [2.75, 3.05) is 13.1 Å². The molecule has 1 rings (SSSR count). The van der Waals surface area contributed by atoms with Gasteiger partial charge >= 0.3 is 6.18 Å². The van der Waals surface area contributed by atoms with E-state index < -0.39 is 12.6 Å². The van der Waals surface area contributed by atoms with Crippen LogP contribution in [0.3, 0.4) is 0 Å². The number of nitrogens with one attached hydrogen (secondary N) is 2. The molecule has 0 saturated heterocycles. The largest absolute Gasteiger partial charge is 0.389 e. The minimum absolute atomic E-state index is 0. The van der Waals surface area contributed by atoms with Crippen molar-refractivity contribution in [3.63, 3.8) is 0 Å². The highest BCUT2D eigenvalue weighted by molar-refractivity contribution is 14.0. The summed E-state index contributed by atoms with van der Waals surface area (Å²) < 4.78 is 35.9. The first-order valence-electron chi connectivity index (χ1n) is 6.78. The van der Waals surface area contributed by atoms with E-state index in [4.69, 9.17) is 0 Å². The maximum absolute atomic E-state index is 12.0. The fourth-order valence-corrected chi connectivity index (χ4v) is 1.88. The molecule has 0 atom stereocenters. The van der Waals surface area contributed by atoms with E-state index in [1.54, 1.807) is 0 Å². The highest BCUT2D eigenvalue weighted by atomic mass is 127. The van der Waals surface area contributed by atoms with Gasteiger partial charge in [0.1, 0.15) is 0 Å². The second-order valence-corrected chi connectivity index (χ2v) is 4.62. The molecule has 1 aliphatic carbocycles. The van der Waals surface area contributed by atoms with Gasteiger partial charge in [-0.3, -0.25) is 4.99 Å². The van der Waals surface area contributed by atoms with Crippen LogP contribution in [0.25, 0.3) is 0 Å². The summed E-state index contributed by atoms with van der Waals surface area (Å²) in [6.45, 7) is 3.13. The molecule has 0 amide bonds. The summed E-state index contributed by atoms with van der Waals surface area (Å²) in [7, 11) is 0. The van der Waals surface area contributed by atoms with Crippen LogP contribution in [-0.4, -0.2) is 31.3 Å². The van der Waals surface area contributed by atoms with Crippen molar-refractivity contribution in [3.05, 3.63) is 12.2 Å². The van der Waals surface area contributed by atoms with Gasteiger partial charge in [-0.05, 0) is 32.6 Å². The zero-order chi connectivity index (χ0) is 14.1. The zero-order valence-corrected chi connectivity index (χ0v) is 14.0. The maximum atomic E-state index is 12.0. The minimum Gasteiger partial charge on any atom is -0.357 e. The van der Waals surface area contributed by atoms with Crippen molar-refractivity contribution < 1.29 is 13.2 Å². The Kier molecular flexibility index (Phi) is 10.0. The average Bonchev–Trinajstić information content (AvgIpc) is 2.80. The van der Waals surface area contributed by atoms with Crippen molar-refractivity contribution in [3.8, 4) is 0 Å². The third-order valence-electron chi connectivity index (χ3n) is 2.83. The molecule has 1 aliphatic rings. The summed E-state index contributed by atoms with van der Waals surface area (Å²) in [5, 5.41) is 6.38. The fraction of sp³-hybridized carbons (Fsp3) is 0.769. The smallest absolute Gasteiger partial charge is 0.357 e. The second-order valence-electron chi connectivity index (χ2n) is 4.62. The number of hydrogen-bond donors (Lipinski definition) is 2. The first kappa shape index (κ1) is 19.5. The molecule has 0 aliphatic heterocycles. The van der Waals surface area contributed by atoms with Crippen LogP contribution in [0.5, 0.6) is 0 Å². The molecule has 0 radical (unpaired) electrons. The number of unbranched alkanes of at least 4 members (excludes halogenated alkanes) is 1. The van der Waals surface area contributed by atoms with Crippen molar-refractivity contribution in [1.82, 2.24) is 10.6 Å². The van der Waals surface area contributed by atoms with Crippen LogP contribution in [0.1, 0.15) is 39.0 Å². The lowest BCUT2D eigenvalue weighted by atomic mass is 10.2. The minimum atomic E-state index is -4.05. The number of nitrogens with zero attached hydrogens (tertiary/aromatic N) is 1. The fourth-order valence-electron chi connectivity index (χ4n) is 1.88. The molecular formula is C13H23F3IN3. The molecular weight excluding hydrogens is 382 g/mol. The van der Waals surface area contributed by atoms with Crippen LogP contribution in [0, 0.1) is 0 Å². The summed E-state index contributed by atoms with van der Waals surface area (Å²) in [6, 6.07) is 0.355. The highest BCUT2D eigenvalue weighted by Gasteiger charge is 2.25. The number of hydrogen-bond acceptors (Lipinski definition) is 1. The Labute approximate surface area is 135 Å². The van der Waals surface area contributed by atoms with E-state index in [9.17, 15) is 13.2 Å². The van der Waals surface area contributed by atoms with E-state index >= 15 is 0 Å². The molecule has 0 spiro atoms. The summed E-state index contributed by atoms with van der Waals surface area (Å²) in [6.07, 6.45) is 1.99. The normalized spacial score (nSPS) is 16.1. The lowest BCUT2D eigenvalue weighted by molar-refractivity contribution is -0.135. The Morgan fingerprint density at radius 3 is 2.45 bits per heavy atom. The van der Waals surface area contributed by atoms with Crippen molar-refractivity contribution in [1.29, 1.82) is 0 Å². The van der Waals surface area contributed by atoms with E-state index in [1.807, 2.05) is 6.92 Å². The van der Waals surface area contributed by atoms with Crippen molar-refractivity contribution in [2.24, 2.45) is 4.99 Å². The molecule has 0 fully saturated rings. The number of rotatable bonds is 6. The van der Waals surface area contributed by atoms with Gasteiger partial charge in [-0.15, -0.1) is 24.0 Å². The maximum Gasteiger partial charge on any atom is 0.389 e. The van der Waals surface area contributed by atoms with E-state index in [0.717, 1.165) is 19.4 Å². The van der Waals surface area contributed by atoms with Crippen LogP contribution >= 0.6 is 24.0 Å². The number of alkyl halides is 3. The summed E-state index contributed by atoms with van der Waals surface area (Å²) in [5.74, 6) is 0.697. The standard InChI is InChI=1S/C13H22F3N3.HI/c1-2-17-12(19-11-7-3-4-8-11)18-10-6-5-9-13(14,15)16;/h3-4,11H,2,5-10H2,1H3,(H2,17,18,19);1H. The Morgan fingerprint density at radius 1 is 1.25 bits per heavy atom. The number of halogens is 4. The lowest BCUT2D eigenvalue weighted by Crippen LogP contribution is -2.42. The molecule has 0 saturated carbocycles. The van der Waals surface area contributed by atoms with Crippen LogP contribution in [-0.2, 0) is 0 Å². The first-order chi connectivity index (χ1) is 9.01. The second kappa shape index (κ2) is 10.3. The van der Waals surface area contributed by atoms with Gasteiger partial charge in [0.25, 0.3) is 0 Å². The van der Waals surface area contributed by atoms with Crippen molar-refractivity contribution in [2.45, 2.75) is 51.2 Å². The quantitative estimate of drug-likeness (QED) is 0.233. The summed E-state index contributed by atoms with van der Waals surface area (Å²) >= 11 is 0. The van der Waals surface area contributed by atoms with Crippen LogP contribution in [0.4, 0.5) is 13.2 Å². The van der Waals surface area contributed by atoms with E-state index in [1.165, 1.54) is 0 Å². The molecule has 0 bridgehead atoms. The van der Waals surface area contributed by atoms with Crippen molar-refractivity contribution >= 4 is 29.9 Å². The summed E-state index contributed by atoms with van der Waals surface area (Å²) in [4.78, 5) is 4.30. The van der Waals surface area contributed by atoms with Crippen LogP contribution < -0.4 is 10.6 Å². The Hall–Kier alpha value is -0.470. The van der Waals surface area contributed by atoms with Gasteiger partial charge in [-0.2, -0.15) is 13.2 Å². The van der Waals surface area contributed by atoms with Gasteiger partial charge in [0, 0.05) is 25.6 Å². The average molecular weight is 405 g/mol. The Balaban J connectivity index is 0.00000361. The molecule has 20 heavy (non-hydrogen) atoms. The zero-order valence-electron chi connectivity index (χ0n) is 11.7. The highest BCUT2D eigenvalue weighted by Crippen LogP contribution is 2.21. The van der Waals surface area contributed by atoms with Crippen LogP contribution in [0.2, 0.25) is 0 Å². The molecule has 7 heteroatoms. The molecule has 2 N–H and O–H groups in total. The Morgan fingerprint density at radius 2 is 1.90 bits per heavy atom. The van der Waals surface area contributed by atoms with Gasteiger partial charge in [0.2, 0.25) is 0 Å². The van der Waals surface area contributed by atoms with Gasteiger partial charge in [0.05, 0.1) is 0 Å². The SMILES string of the molecule is CCNC(=NCCCCC(F)(F)F)NC1CC=CC1.I. The van der Waals surface area contributed by atoms with E-state index in [-0.39, 0.29) is 30.4 Å². The third-order valence-corrected chi connectivity index (χ3v) is 2.83. The summed E-state index contributed by atoms with van der Waals surface area (Å²) in [5.41, 5.74) is 0. The number of guanidine groups is 1. The van der Waals surface area contributed by atoms with Gasteiger partial charge in [0.15, 0.2) is 5.96 Å². The van der Waals surface area contributed by atoms with Gasteiger partial charge < -0.3 is 10.6 Å². The molecule has 0 heterocycles. The van der Waals surface area contributed by atoms with Crippen LogP contribution in [0.15, 0.2) is 17.1 Å². The van der Waals surface area contributed by atoms with E-state index in [0.29, 0.717) is 25.0 Å². The molecule has 0 aromatic rings. The predicted molar refractivity (Wildman–Crippen MR) is 86.6 cm³/mol. The van der Waals surface area contributed by atoms with Gasteiger partial charge in [-0.25, -0.2) is 0 Å². The Bertz CT molecular complexity index is 308. The molecule has 0 aromatic carbocycles. The molecule has 0 aromatic heterocycles. The third kappa shape index (κ3) is 9.44. The lowest BCUT2D eigenvalue weighted by Gasteiger charge is -2.16.